The molecule has 1 N–H and O–H groups in total. The van der Waals surface area contributed by atoms with Gasteiger partial charge < -0.3 is 4.42 Å². The predicted molar refractivity (Wildman–Crippen MR) is 88.4 cm³/mol. The fourth-order valence-electron chi connectivity index (χ4n) is 2.72. The Kier molecular flexibility index (Phi) is 3.65. The number of benzene rings is 1. The maximum Gasteiger partial charge on any atom is 0.419 e. The minimum Gasteiger partial charge on any atom is -0.408 e. The Hall–Kier alpha value is -2.27. The van der Waals surface area contributed by atoms with E-state index in [-0.39, 0.29) is 16.2 Å². The number of nitrogens with one attached hydrogen (secondary N) is 1. The summed E-state index contributed by atoms with van der Waals surface area (Å²) in [6, 6.07) is 2.03. The lowest BCUT2D eigenvalue weighted by Gasteiger charge is -2.06. The Morgan fingerprint density at radius 1 is 1.48 bits per heavy atom. The van der Waals surface area contributed by atoms with Gasteiger partial charge in [0.15, 0.2) is 5.58 Å². The zero-order chi connectivity index (χ0) is 17.8. The normalized spacial score (nSPS) is 20.1. The quantitative estimate of drug-likeness (QED) is 0.721. The fraction of sp³-hybridized carbons (Fsp3) is 0.357. The molecule has 2 aromatic heterocycles. The van der Waals surface area contributed by atoms with Crippen LogP contribution >= 0.6 is 11.5 Å². The van der Waals surface area contributed by atoms with Crippen LogP contribution in [-0.2, 0) is 16.6 Å². The number of halogens is 1. The lowest BCUT2D eigenvalue weighted by molar-refractivity contribution is 0.484. The van der Waals surface area contributed by atoms with Crippen LogP contribution in [0.3, 0.4) is 0 Å². The molecule has 0 bridgehead atoms. The van der Waals surface area contributed by atoms with Gasteiger partial charge in [0.2, 0.25) is 5.13 Å². The van der Waals surface area contributed by atoms with E-state index in [9.17, 15) is 17.6 Å². The van der Waals surface area contributed by atoms with Gasteiger partial charge in [0.1, 0.15) is 17.0 Å². The van der Waals surface area contributed by atoms with E-state index >= 15 is 0 Å². The van der Waals surface area contributed by atoms with Crippen LogP contribution in [0.4, 0.5) is 9.52 Å². The van der Waals surface area contributed by atoms with Crippen molar-refractivity contribution in [1.82, 2.24) is 13.9 Å². The van der Waals surface area contributed by atoms with E-state index in [4.69, 9.17) is 4.42 Å². The summed E-state index contributed by atoms with van der Waals surface area (Å²) in [6.07, 6.45) is 2.18. The van der Waals surface area contributed by atoms with Crippen molar-refractivity contribution in [2.45, 2.75) is 24.8 Å². The van der Waals surface area contributed by atoms with Crippen molar-refractivity contribution in [2.75, 3.05) is 4.72 Å². The monoisotopic (exact) mass is 384 g/mol. The second kappa shape index (κ2) is 5.63. The van der Waals surface area contributed by atoms with Crippen LogP contribution in [0.5, 0.6) is 0 Å². The van der Waals surface area contributed by atoms with Crippen LogP contribution in [0.2, 0.25) is 0 Å². The Balaban J connectivity index is 1.76. The molecule has 1 aliphatic carbocycles. The molecule has 1 aromatic carbocycles. The largest absolute Gasteiger partial charge is 0.419 e. The average molecular weight is 384 g/mol. The van der Waals surface area contributed by atoms with Crippen molar-refractivity contribution in [2.24, 2.45) is 11.8 Å². The molecule has 1 aliphatic rings. The van der Waals surface area contributed by atoms with Gasteiger partial charge in [-0.05, 0) is 18.3 Å². The molecule has 11 heteroatoms. The molecule has 0 aliphatic heterocycles. The molecule has 0 unspecified atom stereocenters. The standard InChI is InChI=1S/C14H13FN4O4S2/c1-7-2-8(7)5-19-10-3-9(15)12(4-11(10)23-14(19)20)25(21,22)18-13-16-6-17-24-13/h3-4,6-8H,2,5H2,1H3,(H,16,17,18)/t7-,8+/m0/s1. The van der Waals surface area contributed by atoms with E-state index in [0.717, 1.165) is 30.1 Å². The van der Waals surface area contributed by atoms with Gasteiger partial charge in [0.25, 0.3) is 10.0 Å². The first-order valence-corrected chi connectivity index (χ1v) is 9.73. The second-order valence-electron chi connectivity index (χ2n) is 6.05. The smallest absolute Gasteiger partial charge is 0.408 e. The Morgan fingerprint density at radius 2 is 2.24 bits per heavy atom. The molecular formula is C14H13FN4O4S2. The summed E-state index contributed by atoms with van der Waals surface area (Å²) in [5.74, 6) is -0.732. The number of hydrogen-bond donors (Lipinski definition) is 1. The minimum absolute atomic E-state index is 0.0150. The van der Waals surface area contributed by atoms with Gasteiger partial charge in [-0.25, -0.2) is 22.6 Å². The highest BCUT2D eigenvalue weighted by Gasteiger charge is 2.34. The van der Waals surface area contributed by atoms with Crippen molar-refractivity contribution < 1.29 is 17.2 Å². The first-order valence-electron chi connectivity index (χ1n) is 7.47. The number of anilines is 1. The predicted octanol–water partition coefficient (Wildman–Crippen LogP) is 2.04. The number of sulfonamides is 1. The highest BCUT2D eigenvalue weighted by atomic mass is 32.2. The molecular weight excluding hydrogens is 371 g/mol. The zero-order valence-corrected chi connectivity index (χ0v) is 14.6. The number of aromatic nitrogens is 3. The van der Waals surface area contributed by atoms with Crippen molar-refractivity contribution in [3.63, 3.8) is 0 Å². The molecule has 25 heavy (non-hydrogen) atoms. The van der Waals surface area contributed by atoms with Gasteiger partial charge >= 0.3 is 5.76 Å². The summed E-state index contributed by atoms with van der Waals surface area (Å²) in [6.45, 7) is 2.50. The first kappa shape index (κ1) is 16.2. The van der Waals surface area contributed by atoms with Gasteiger partial charge in [-0.2, -0.15) is 4.37 Å². The fourth-order valence-corrected chi connectivity index (χ4v) is 4.46. The van der Waals surface area contributed by atoms with E-state index in [0.29, 0.717) is 18.4 Å². The molecule has 0 amide bonds. The lowest BCUT2D eigenvalue weighted by atomic mass is 10.3. The zero-order valence-electron chi connectivity index (χ0n) is 13.0. The summed E-state index contributed by atoms with van der Waals surface area (Å²) in [7, 11) is -4.22. The molecule has 2 heterocycles. The minimum atomic E-state index is -4.22. The van der Waals surface area contributed by atoms with Crippen molar-refractivity contribution in [3.8, 4) is 0 Å². The van der Waals surface area contributed by atoms with Gasteiger partial charge in [-0.1, -0.05) is 6.92 Å². The van der Waals surface area contributed by atoms with Gasteiger partial charge in [0.05, 0.1) is 5.52 Å². The molecule has 1 fully saturated rings. The third kappa shape index (κ3) is 2.93. The molecule has 0 spiro atoms. The van der Waals surface area contributed by atoms with Crippen LogP contribution < -0.4 is 10.5 Å². The van der Waals surface area contributed by atoms with Crippen LogP contribution in [0.15, 0.2) is 32.6 Å². The van der Waals surface area contributed by atoms with Crippen LogP contribution in [0, 0.1) is 17.7 Å². The number of hydrogen-bond acceptors (Lipinski definition) is 7. The molecule has 1 saturated carbocycles. The summed E-state index contributed by atoms with van der Waals surface area (Å²) in [4.78, 5) is 15.1. The molecule has 0 saturated heterocycles. The van der Waals surface area contributed by atoms with Gasteiger partial charge in [0, 0.05) is 30.2 Å². The Morgan fingerprint density at radius 3 is 2.88 bits per heavy atom. The SMILES string of the molecule is C[C@H]1C[C@@H]1Cn1c(=O)oc2cc(S(=O)(=O)Nc3ncns3)c(F)cc21. The highest BCUT2D eigenvalue weighted by Crippen LogP contribution is 2.39. The van der Waals surface area contributed by atoms with Gasteiger partial charge in [-0.15, -0.1) is 0 Å². The maximum absolute atomic E-state index is 14.5. The van der Waals surface area contributed by atoms with Crippen molar-refractivity contribution in [1.29, 1.82) is 0 Å². The van der Waals surface area contributed by atoms with Crippen LogP contribution in [-0.4, -0.2) is 22.3 Å². The highest BCUT2D eigenvalue weighted by molar-refractivity contribution is 7.93. The van der Waals surface area contributed by atoms with E-state index in [1.807, 2.05) is 0 Å². The summed E-state index contributed by atoms with van der Waals surface area (Å²) < 4.78 is 51.4. The molecule has 8 nitrogen and oxygen atoms in total. The van der Waals surface area contributed by atoms with E-state index in [2.05, 4.69) is 21.0 Å². The van der Waals surface area contributed by atoms with Crippen molar-refractivity contribution in [3.05, 3.63) is 34.8 Å². The summed E-state index contributed by atoms with van der Waals surface area (Å²) in [5.41, 5.74) is 0.272. The third-order valence-corrected chi connectivity index (χ3v) is 6.35. The third-order valence-electron chi connectivity index (χ3n) is 4.29. The molecule has 0 radical (unpaired) electrons. The van der Waals surface area contributed by atoms with E-state index in [1.165, 1.54) is 10.9 Å². The maximum atomic E-state index is 14.5. The summed E-state index contributed by atoms with van der Waals surface area (Å²) >= 11 is 0.823. The molecule has 2 atom stereocenters. The lowest BCUT2D eigenvalue weighted by Crippen LogP contribution is -2.16. The average Bonchev–Trinajstić information content (AvgIpc) is 2.92. The number of rotatable bonds is 5. The van der Waals surface area contributed by atoms with Crippen molar-refractivity contribution >= 4 is 37.8 Å². The van der Waals surface area contributed by atoms with E-state index in [1.54, 1.807) is 0 Å². The second-order valence-corrected chi connectivity index (χ2v) is 8.48. The van der Waals surface area contributed by atoms with Gasteiger partial charge in [-0.3, -0.25) is 9.29 Å². The van der Waals surface area contributed by atoms with Crippen LogP contribution in [0.1, 0.15) is 13.3 Å². The number of oxazole rings is 1. The number of fused-ring (bicyclic) bond motifs is 1. The number of nitrogens with zero attached hydrogens (tertiary/aromatic N) is 3. The summed E-state index contributed by atoms with van der Waals surface area (Å²) in [5, 5.41) is 0.0150. The Labute approximate surface area is 145 Å². The molecule has 4 rings (SSSR count). The van der Waals surface area contributed by atoms with E-state index < -0.39 is 26.5 Å². The Bertz CT molecular complexity index is 1100. The first-order chi connectivity index (χ1) is 11.8. The molecule has 3 aromatic rings. The van der Waals surface area contributed by atoms with Crippen LogP contribution in [0.25, 0.3) is 11.1 Å². The topological polar surface area (TPSA) is 107 Å². The molecule has 132 valence electrons.